The first-order chi connectivity index (χ1) is 9.63. The van der Waals surface area contributed by atoms with Crippen LogP contribution in [-0.2, 0) is 17.8 Å². The van der Waals surface area contributed by atoms with Crippen molar-refractivity contribution in [1.29, 1.82) is 0 Å². The van der Waals surface area contributed by atoms with Gasteiger partial charge in [0, 0.05) is 18.5 Å². The summed E-state index contributed by atoms with van der Waals surface area (Å²) in [5.41, 5.74) is 1.47. The molecule has 2 aromatic rings. The molecule has 0 bridgehead atoms. The van der Waals surface area contributed by atoms with Gasteiger partial charge in [0.15, 0.2) is 0 Å². The topological polar surface area (TPSA) is 56.1 Å². The minimum Gasteiger partial charge on any atom is -0.383 e. The van der Waals surface area contributed by atoms with E-state index in [0.717, 1.165) is 0 Å². The van der Waals surface area contributed by atoms with Crippen LogP contribution in [0.15, 0.2) is 22.4 Å². The first kappa shape index (κ1) is 15.0. The molecule has 0 saturated carbocycles. The van der Waals surface area contributed by atoms with Gasteiger partial charge in [0.1, 0.15) is 5.02 Å². The summed E-state index contributed by atoms with van der Waals surface area (Å²) in [7, 11) is 1.58. The predicted molar refractivity (Wildman–Crippen MR) is 81.8 cm³/mol. The van der Waals surface area contributed by atoms with E-state index in [2.05, 4.69) is 23.4 Å². The molecule has 0 spiro atoms. The number of aromatic nitrogens is 2. The highest BCUT2D eigenvalue weighted by Gasteiger charge is 2.09. The smallest absolute Gasteiger partial charge is 0.287 e. The highest BCUT2D eigenvalue weighted by atomic mass is 35.5. The number of ether oxygens (including phenoxy) is 1. The van der Waals surface area contributed by atoms with Gasteiger partial charge in [0.25, 0.3) is 5.56 Å². The first-order valence-corrected chi connectivity index (χ1v) is 7.40. The van der Waals surface area contributed by atoms with Crippen molar-refractivity contribution in [3.63, 3.8) is 0 Å². The third kappa shape index (κ3) is 3.39. The van der Waals surface area contributed by atoms with Crippen molar-refractivity contribution in [2.24, 2.45) is 0 Å². The van der Waals surface area contributed by atoms with Gasteiger partial charge in [0.2, 0.25) is 0 Å². The molecule has 5 nitrogen and oxygen atoms in total. The lowest BCUT2D eigenvalue weighted by Gasteiger charge is -2.09. The Labute approximate surface area is 126 Å². The first-order valence-electron chi connectivity index (χ1n) is 6.15. The summed E-state index contributed by atoms with van der Waals surface area (Å²) in [6, 6.07) is 2.06. The number of hydrogen-bond donors (Lipinski definition) is 1. The van der Waals surface area contributed by atoms with E-state index in [0.29, 0.717) is 25.4 Å². The Balaban J connectivity index is 2.11. The molecule has 0 atom stereocenters. The van der Waals surface area contributed by atoms with Gasteiger partial charge >= 0.3 is 0 Å². The molecule has 0 aliphatic rings. The van der Waals surface area contributed by atoms with E-state index in [1.807, 2.05) is 5.38 Å². The van der Waals surface area contributed by atoms with Crippen molar-refractivity contribution in [2.75, 3.05) is 19.0 Å². The summed E-state index contributed by atoms with van der Waals surface area (Å²) < 4.78 is 6.22. The van der Waals surface area contributed by atoms with Gasteiger partial charge in [-0.15, -0.1) is 11.3 Å². The molecular weight excluding hydrogens is 298 g/mol. The van der Waals surface area contributed by atoms with Gasteiger partial charge in [-0.05, 0) is 23.9 Å². The number of anilines is 1. The van der Waals surface area contributed by atoms with Crippen LogP contribution in [0.2, 0.25) is 5.02 Å². The molecule has 0 aliphatic carbocycles. The maximum Gasteiger partial charge on any atom is 0.287 e. The van der Waals surface area contributed by atoms with Crippen LogP contribution in [0.3, 0.4) is 0 Å². The van der Waals surface area contributed by atoms with E-state index in [1.54, 1.807) is 24.6 Å². The Bertz CT molecular complexity index is 639. The average molecular weight is 314 g/mol. The highest BCUT2D eigenvalue weighted by molar-refractivity contribution is 7.10. The van der Waals surface area contributed by atoms with E-state index < -0.39 is 0 Å². The number of nitrogens with one attached hydrogen (secondary N) is 1. The van der Waals surface area contributed by atoms with Crippen LogP contribution in [0.1, 0.15) is 10.4 Å². The van der Waals surface area contributed by atoms with Crippen LogP contribution in [0.5, 0.6) is 0 Å². The third-order valence-electron chi connectivity index (χ3n) is 2.90. The van der Waals surface area contributed by atoms with Gasteiger partial charge < -0.3 is 10.1 Å². The van der Waals surface area contributed by atoms with E-state index in [9.17, 15) is 4.79 Å². The lowest BCUT2D eigenvalue weighted by molar-refractivity contribution is 0.182. The predicted octanol–water partition coefficient (Wildman–Crippen LogP) is 2.53. The molecule has 0 amide bonds. The third-order valence-corrected chi connectivity index (χ3v) is 4.29. The molecule has 0 fully saturated rings. The Kier molecular flexibility index (Phi) is 5.17. The number of halogens is 1. The molecule has 0 unspecified atom stereocenters. The lowest BCUT2D eigenvalue weighted by atomic mass is 10.3. The van der Waals surface area contributed by atoms with Gasteiger partial charge in [-0.3, -0.25) is 4.79 Å². The standard InChI is InChI=1S/C13H16ClN3O2S/c1-9-3-6-20-11(9)8-15-10-7-16-17(4-5-19-2)13(18)12(10)14/h3,6-7,15H,4-5,8H2,1-2H3. The Morgan fingerprint density at radius 2 is 2.35 bits per heavy atom. The maximum absolute atomic E-state index is 12.0. The van der Waals surface area contributed by atoms with Crippen LogP contribution >= 0.6 is 22.9 Å². The summed E-state index contributed by atoms with van der Waals surface area (Å²) in [5.74, 6) is 0. The van der Waals surface area contributed by atoms with Crippen LogP contribution in [-0.4, -0.2) is 23.5 Å². The minimum absolute atomic E-state index is 0.158. The minimum atomic E-state index is -0.309. The van der Waals surface area contributed by atoms with Gasteiger partial charge in [-0.2, -0.15) is 5.10 Å². The summed E-state index contributed by atoms with van der Waals surface area (Å²) in [6.07, 6.45) is 1.57. The van der Waals surface area contributed by atoms with E-state index in [4.69, 9.17) is 16.3 Å². The van der Waals surface area contributed by atoms with Crippen molar-refractivity contribution in [1.82, 2.24) is 9.78 Å². The monoisotopic (exact) mass is 313 g/mol. The normalized spacial score (nSPS) is 10.8. The zero-order valence-corrected chi connectivity index (χ0v) is 12.9. The molecular formula is C13H16ClN3O2S. The van der Waals surface area contributed by atoms with Crippen molar-refractivity contribution in [2.45, 2.75) is 20.0 Å². The van der Waals surface area contributed by atoms with Gasteiger partial charge in [-0.1, -0.05) is 11.6 Å². The number of rotatable bonds is 6. The largest absolute Gasteiger partial charge is 0.383 e. The maximum atomic E-state index is 12.0. The van der Waals surface area contributed by atoms with Crippen LogP contribution < -0.4 is 10.9 Å². The van der Waals surface area contributed by atoms with Crippen molar-refractivity contribution in [3.8, 4) is 0 Å². The molecule has 2 heterocycles. The zero-order chi connectivity index (χ0) is 14.5. The lowest BCUT2D eigenvalue weighted by Crippen LogP contribution is -2.26. The Morgan fingerprint density at radius 3 is 3.00 bits per heavy atom. The molecule has 108 valence electrons. The second-order valence-corrected chi connectivity index (χ2v) is 5.65. The number of thiophene rings is 1. The fourth-order valence-corrected chi connectivity index (χ4v) is 2.75. The summed E-state index contributed by atoms with van der Waals surface area (Å²) in [6.45, 7) is 3.49. The van der Waals surface area contributed by atoms with E-state index in [-0.39, 0.29) is 10.6 Å². The van der Waals surface area contributed by atoms with Crippen LogP contribution in [0.25, 0.3) is 0 Å². The van der Waals surface area contributed by atoms with Crippen molar-refractivity contribution in [3.05, 3.63) is 43.5 Å². The Hall–Kier alpha value is -1.37. The molecule has 0 aliphatic heterocycles. The second kappa shape index (κ2) is 6.88. The van der Waals surface area contributed by atoms with E-state index in [1.165, 1.54) is 15.1 Å². The number of nitrogens with zero attached hydrogens (tertiary/aromatic N) is 2. The second-order valence-electron chi connectivity index (χ2n) is 4.27. The van der Waals surface area contributed by atoms with Gasteiger partial charge in [-0.25, -0.2) is 4.68 Å². The molecule has 0 aromatic carbocycles. The molecule has 2 aromatic heterocycles. The molecule has 7 heteroatoms. The highest BCUT2D eigenvalue weighted by Crippen LogP contribution is 2.20. The molecule has 1 N–H and O–H groups in total. The zero-order valence-electron chi connectivity index (χ0n) is 11.4. The fraction of sp³-hybridized carbons (Fsp3) is 0.385. The quantitative estimate of drug-likeness (QED) is 0.890. The Morgan fingerprint density at radius 1 is 1.55 bits per heavy atom. The van der Waals surface area contributed by atoms with Gasteiger partial charge in [0.05, 0.1) is 25.0 Å². The fourth-order valence-electron chi connectivity index (χ4n) is 1.69. The van der Waals surface area contributed by atoms with Crippen LogP contribution in [0.4, 0.5) is 5.69 Å². The van der Waals surface area contributed by atoms with E-state index >= 15 is 0 Å². The number of hydrogen-bond acceptors (Lipinski definition) is 5. The summed E-state index contributed by atoms with van der Waals surface area (Å²) >= 11 is 7.75. The summed E-state index contributed by atoms with van der Waals surface area (Å²) in [5, 5.41) is 9.43. The molecule has 0 radical (unpaired) electrons. The van der Waals surface area contributed by atoms with Crippen LogP contribution in [0, 0.1) is 6.92 Å². The molecule has 0 saturated heterocycles. The molecule has 20 heavy (non-hydrogen) atoms. The molecule has 2 rings (SSSR count). The van der Waals surface area contributed by atoms with Crippen molar-refractivity contribution >= 4 is 28.6 Å². The average Bonchev–Trinajstić information content (AvgIpc) is 2.85. The number of methoxy groups -OCH3 is 1. The van der Waals surface area contributed by atoms with Crippen molar-refractivity contribution < 1.29 is 4.74 Å². The number of aryl methyl sites for hydroxylation is 1. The SMILES string of the molecule is COCCn1ncc(NCc2sccc2C)c(Cl)c1=O. The summed E-state index contributed by atoms with van der Waals surface area (Å²) in [4.78, 5) is 13.2.